The number of pyridine rings is 1. The number of rotatable bonds is 3. The first-order valence-electron chi connectivity index (χ1n) is 6.41. The molecule has 0 N–H and O–H groups in total. The number of carbonyl (C=O) groups is 1. The van der Waals surface area contributed by atoms with Gasteiger partial charge >= 0.3 is 0 Å². The van der Waals surface area contributed by atoms with E-state index in [0.29, 0.717) is 15.6 Å². The summed E-state index contributed by atoms with van der Waals surface area (Å²) in [5, 5.41) is 4.17. The van der Waals surface area contributed by atoms with E-state index >= 15 is 0 Å². The van der Waals surface area contributed by atoms with Gasteiger partial charge in [0.15, 0.2) is 11.9 Å². The summed E-state index contributed by atoms with van der Waals surface area (Å²) in [6.07, 6.45) is 1.94. The quantitative estimate of drug-likeness (QED) is 0.329. The van der Waals surface area contributed by atoms with Crippen LogP contribution in [-0.4, -0.2) is 5.78 Å². The summed E-state index contributed by atoms with van der Waals surface area (Å²) in [6, 6.07) is 9.05. The molecule has 2 nitrogen and oxygen atoms in total. The largest absolute Gasteiger partial charge is 1.00 e. The van der Waals surface area contributed by atoms with E-state index in [2.05, 4.69) is 11.4 Å². The molecule has 0 amide bonds. The van der Waals surface area contributed by atoms with Crippen LogP contribution in [-0.2, 0) is 6.54 Å². The lowest BCUT2D eigenvalue weighted by Gasteiger charge is -2.04. The Morgan fingerprint density at radius 1 is 1.23 bits per heavy atom. The van der Waals surface area contributed by atoms with Crippen molar-refractivity contribution in [1.82, 2.24) is 0 Å². The molecule has 0 saturated carbocycles. The first-order valence-corrected chi connectivity index (χ1v) is 8.04. The monoisotopic (exact) mass is 463 g/mol. The Bertz CT molecular complexity index is 847. The second-order valence-corrected chi connectivity index (χ2v) is 6.54. The Balaban J connectivity index is 0.00000176. The lowest BCUT2D eigenvalue weighted by molar-refractivity contribution is -0.687. The van der Waals surface area contributed by atoms with Gasteiger partial charge in [0.1, 0.15) is 4.70 Å². The summed E-state index contributed by atoms with van der Waals surface area (Å²) in [5.74, 6) is -0.0272. The van der Waals surface area contributed by atoms with Gasteiger partial charge in [-0.25, -0.2) is 0 Å². The molecule has 0 radical (unpaired) electrons. The molecule has 0 fully saturated rings. The average molecular weight is 464 g/mol. The summed E-state index contributed by atoms with van der Waals surface area (Å²) >= 11 is 13.6. The van der Waals surface area contributed by atoms with Crippen LogP contribution in [0.2, 0.25) is 10.0 Å². The Labute approximate surface area is 159 Å². The number of hydrogen-bond donors (Lipinski definition) is 0. The van der Waals surface area contributed by atoms with E-state index in [1.807, 2.05) is 23.8 Å². The molecule has 3 rings (SSSR count). The molecule has 2 aromatic heterocycles. The Hall–Kier alpha value is -0.690. The lowest BCUT2D eigenvalue weighted by atomic mass is 10.1. The van der Waals surface area contributed by atoms with Gasteiger partial charge in [0, 0.05) is 29.0 Å². The predicted octanol–water partition coefficient (Wildman–Crippen LogP) is 1.69. The van der Waals surface area contributed by atoms with E-state index in [1.165, 1.54) is 10.1 Å². The third-order valence-corrected chi connectivity index (χ3v) is 5.02. The molecular formula is C16H12Cl2INOS. The van der Waals surface area contributed by atoms with Crippen LogP contribution in [0, 0.1) is 6.92 Å². The summed E-state index contributed by atoms with van der Waals surface area (Å²) in [7, 11) is 0. The zero-order chi connectivity index (χ0) is 15.0. The van der Waals surface area contributed by atoms with Crippen LogP contribution in [0.3, 0.4) is 0 Å². The van der Waals surface area contributed by atoms with Gasteiger partial charge in [-0.2, -0.15) is 4.57 Å². The number of carbonyl (C=O) groups excluding carboxylic acids is 1. The van der Waals surface area contributed by atoms with Crippen molar-refractivity contribution in [3.05, 3.63) is 63.2 Å². The second kappa shape index (κ2) is 7.25. The Kier molecular flexibility index (Phi) is 5.82. The third-order valence-electron chi connectivity index (χ3n) is 3.43. The molecule has 0 unspecified atom stereocenters. The fourth-order valence-corrected chi connectivity index (χ4v) is 3.71. The highest BCUT2D eigenvalue weighted by Gasteiger charge is 2.19. The van der Waals surface area contributed by atoms with Gasteiger partial charge in [-0.3, -0.25) is 4.79 Å². The minimum absolute atomic E-state index is 0. The lowest BCUT2D eigenvalue weighted by Crippen LogP contribution is -3.00. The molecule has 2 heterocycles. The third kappa shape index (κ3) is 3.45. The van der Waals surface area contributed by atoms with Gasteiger partial charge in [0.25, 0.3) is 0 Å². The molecule has 0 aliphatic heterocycles. The van der Waals surface area contributed by atoms with Crippen molar-refractivity contribution in [1.29, 1.82) is 0 Å². The summed E-state index contributed by atoms with van der Waals surface area (Å²) in [4.78, 5) is 12.4. The topological polar surface area (TPSA) is 20.9 Å². The van der Waals surface area contributed by atoms with Gasteiger partial charge in [0.05, 0.1) is 5.02 Å². The minimum atomic E-state index is -0.0272. The van der Waals surface area contributed by atoms with Crippen LogP contribution in [0.5, 0.6) is 0 Å². The van der Waals surface area contributed by atoms with Crippen molar-refractivity contribution in [3.8, 4) is 0 Å². The fraction of sp³-hybridized carbons (Fsp3) is 0.125. The number of thiophene rings is 1. The van der Waals surface area contributed by atoms with E-state index in [4.69, 9.17) is 23.2 Å². The SMILES string of the molecule is Cc1c2sccc2cc[n+]1CC(=O)c1ccc(Cl)cc1Cl.[I-]. The first-order chi connectivity index (χ1) is 10.1. The maximum Gasteiger partial charge on any atom is 0.229 e. The molecule has 0 spiro atoms. The van der Waals surface area contributed by atoms with Crippen molar-refractivity contribution in [2.45, 2.75) is 13.5 Å². The number of hydrogen-bond acceptors (Lipinski definition) is 2. The van der Waals surface area contributed by atoms with Crippen molar-refractivity contribution >= 4 is 50.4 Å². The number of ketones is 1. The smallest absolute Gasteiger partial charge is 0.229 e. The van der Waals surface area contributed by atoms with Crippen molar-refractivity contribution in [2.75, 3.05) is 0 Å². The standard InChI is InChI=1S/C16H12Cl2NOS.HI/c1-10-16-11(5-7-21-16)4-6-19(10)9-15(20)13-3-2-12(17)8-14(13)18;/h2-8H,9H2,1H3;1H/q+1;/p-1. The van der Waals surface area contributed by atoms with Crippen molar-refractivity contribution in [2.24, 2.45) is 0 Å². The number of aryl methyl sites for hydroxylation is 1. The maximum absolute atomic E-state index is 12.4. The minimum Gasteiger partial charge on any atom is -1.00 e. The highest BCUT2D eigenvalue weighted by Crippen LogP contribution is 2.23. The highest BCUT2D eigenvalue weighted by molar-refractivity contribution is 7.17. The summed E-state index contributed by atoms with van der Waals surface area (Å²) in [6.45, 7) is 2.29. The van der Waals surface area contributed by atoms with Crippen LogP contribution in [0.15, 0.2) is 41.9 Å². The predicted molar refractivity (Wildman–Crippen MR) is 87.5 cm³/mol. The Morgan fingerprint density at radius 2 is 2.00 bits per heavy atom. The van der Waals surface area contributed by atoms with E-state index in [1.54, 1.807) is 29.5 Å². The normalized spacial score (nSPS) is 10.5. The van der Waals surface area contributed by atoms with Gasteiger partial charge in [-0.1, -0.05) is 23.2 Å². The molecule has 0 bridgehead atoms. The number of Topliss-reactive ketones (excluding diaryl/α,β-unsaturated/α-hetero) is 1. The number of fused-ring (bicyclic) bond motifs is 1. The first kappa shape index (κ1) is 17.7. The van der Waals surface area contributed by atoms with Crippen LogP contribution in [0.25, 0.3) is 10.1 Å². The van der Waals surface area contributed by atoms with Crippen molar-refractivity contribution < 1.29 is 33.3 Å². The van der Waals surface area contributed by atoms with Gasteiger partial charge < -0.3 is 24.0 Å². The fourth-order valence-electron chi connectivity index (χ4n) is 2.28. The number of benzene rings is 1. The van der Waals surface area contributed by atoms with E-state index < -0.39 is 0 Å². The van der Waals surface area contributed by atoms with Crippen LogP contribution < -0.4 is 28.5 Å². The van der Waals surface area contributed by atoms with Crippen LogP contribution in [0.1, 0.15) is 16.1 Å². The molecular weight excluding hydrogens is 452 g/mol. The van der Waals surface area contributed by atoms with Crippen molar-refractivity contribution in [3.63, 3.8) is 0 Å². The van der Waals surface area contributed by atoms with Gasteiger partial charge in [-0.05, 0) is 29.6 Å². The number of nitrogens with zero attached hydrogens (tertiary/aromatic N) is 1. The molecule has 0 aliphatic carbocycles. The maximum atomic E-state index is 12.4. The summed E-state index contributed by atoms with van der Waals surface area (Å²) < 4.78 is 3.15. The molecule has 6 heteroatoms. The van der Waals surface area contributed by atoms with Gasteiger partial charge in [-0.15, -0.1) is 11.3 Å². The molecule has 22 heavy (non-hydrogen) atoms. The zero-order valence-corrected chi connectivity index (χ0v) is 16.1. The van der Waals surface area contributed by atoms with Gasteiger partial charge in [0.2, 0.25) is 12.3 Å². The molecule has 114 valence electrons. The van der Waals surface area contributed by atoms with E-state index in [0.717, 1.165) is 5.69 Å². The summed E-state index contributed by atoms with van der Waals surface area (Å²) in [5.41, 5.74) is 1.58. The number of aromatic nitrogens is 1. The average Bonchev–Trinajstić information content (AvgIpc) is 2.91. The highest BCUT2D eigenvalue weighted by atomic mass is 127. The van der Waals surface area contributed by atoms with Crippen LogP contribution >= 0.6 is 34.5 Å². The zero-order valence-electron chi connectivity index (χ0n) is 11.6. The molecule has 0 atom stereocenters. The molecule has 0 aliphatic rings. The number of halogens is 3. The van der Waals surface area contributed by atoms with E-state index in [-0.39, 0.29) is 36.3 Å². The second-order valence-electron chi connectivity index (χ2n) is 4.78. The molecule has 0 saturated heterocycles. The molecule has 1 aromatic carbocycles. The molecule has 3 aromatic rings. The van der Waals surface area contributed by atoms with Crippen LogP contribution in [0.4, 0.5) is 0 Å². The van der Waals surface area contributed by atoms with E-state index in [9.17, 15) is 4.79 Å². The Morgan fingerprint density at radius 3 is 2.73 bits per heavy atom.